The molecular weight excluding hydrogens is 111 g/mol. The Labute approximate surface area is 41.0 Å². The van der Waals surface area contributed by atoms with Crippen molar-refractivity contribution in [1.29, 1.82) is 0 Å². The third-order valence-electron chi connectivity index (χ3n) is 0.0962. The molecule has 0 bridgehead atoms. The standard InChI is InChI=1S/C3H4O.Ni/c1-2-3-4;/h2-3H,1H2;. The van der Waals surface area contributed by atoms with Crippen LogP contribution >= 0.6 is 0 Å². The third kappa shape index (κ3) is 17.3. The number of carbonyl (C=O) groups excluding carboxylic acids is 1. The molecule has 0 aliphatic carbocycles. The largest absolute Gasteiger partial charge is 0.299 e. The van der Waals surface area contributed by atoms with Gasteiger partial charge >= 0.3 is 0 Å². The Morgan fingerprint density at radius 1 is 1.60 bits per heavy atom. The quantitative estimate of drug-likeness (QED) is 0.274. The van der Waals surface area contributed by atoms with Gasteiger partial charge in [0, 0.05) is 16.5 Å². The first-order valence-corrected chi connectivity index (χ1v) is 0.977. The van der Waals surface area contributed by atoms with Crippen molar-refractivity contribution in [2.75, 3.05) is 0 Å². The van der Waals surface area contributed by atoms with Crippen molar-refractivity contribution in [2.24, 2.45) is 0 Å². The van der Waals surface area contributed by atoms with Gasteiger partial charge < -0.3 is 0 Å². The van der Waals surface area contributed by atoms with Gasteiger partial charge in [-0.15, -0.1) is 0 Å². The summed E-state index contributed by atoms with van der Waals surface area (Å²) in [6.07, 6.45) is 1.83. The van der Waals surface area contributed by atoms with Crippen LogP contribution in [-0.2, 0) is 21.3 Å². The van der Waals surface area contributed by atoms with Gasteiger partial charge in [0.15, 0.2) is 0 Å². The molecule has 0 aromatic carbocycles. The average Bonchev–Trinajstić information content (AvgIpc) is 1.37. The fourth-order valence-corrected chi connectivity index (χ4v) is 0. The van der Waals surface area contributed by atoms with Gasteiger partial charge in [0.2, 0.25) is 0 Å². The summed E-state index contributed by atoms with van der Waals surface area (Å²) < 4.78 is 0. The summed E-state index contributed by atoms with van der Waals surface area (Å²) in [7, 11) is 0. The molecular formula is C3H4NiO. The van der Waals surface area contributed by atoms with Gasteiger partial charge in [-0.3, -0.25) is 4.79 Å². The number of rotatable bonds is 1. The van der Waals surface area contributed by atoms with E-state index in [0.717, 1.165) is 0 Å². The SMILES string of the molecule is C=CC=O.[Ni]. The number of allylic oxidation sites excluding steroid dienone is 1. The maximum absolute atomic E-state index is 9.06. The van der Waals surface area contributed by atoms with Crippen molar-refractivity contribution >= 4 is 6.29 Å². The minimum atomic E-state index is 0. The van der Waals surface area contributed by atoms with Crippen LogP contribution in [0, 0.1) is 0 Å². The van der Waals surface area contributed by atoms with Gasteiger partial charge in [-0.25, -0.2) is 0 Å². The first kappa shape index (κ1) is 8.86. The molecule has 1 nitrogen and oxygen atoms in total. The molecule has 0 rings (SSSR count). The Morgan fingerprint density at radius 2 is 1.80 bits per heavy atom. The molecule has 0 N–H and O–H groups in total. The summed E-state index contributed by atoms with van der Waals surface area (Å²) in [4.78, 5) is 9.06. The molecule has 0 spiro atoms. The van der Waals surface area contributed by atoms with Crippen LogP contribution in [0.15, 0.2) is 12.7 Å². The van der Waals surface area contributed by atoms with E-state index in [9.17, 15) is 0 Å². The van der Waals surface area contributed by atoms with Crippen molar-refractivity contribution in [3.8, 4) is 0 Å². The fourth-order valence-electron chi connectivity index (χ4n) is 0. The predicted molar refractivity (Wildman–Crippen MR) is 16.3 cm³/mol. The molecule has 0 saturated carbocycles. The van der Waals surface area contributed by atoms with E-state index in [4.69, 9.17) is 4.79 Å². The molecule has 0 unspecified atom stereocenters. The van der Waals surface area contributed by atoms with E-state index in [1.54, 1.807) is 0 Å². The van der Waals surface area contributed by atoms with Crippen LogP contribution in [0.5, 0.6) is 0 Å². The fraction of sp³-hybridized carbons (Fsp3) is 0. The topological polar surface area (TPSA) is 17.1 Å². The van der Waals surface area contributed by atoms with E-state index in [2.05, 4.69) is 6.58 Å². The minimum absolute atomic E-state index is 0. The summed E-state index contributed by atoms with van der Waals surface area (Å²) >= 11 is 0. The Kier molecular flexibility index (Phi) is 16.1. The van der Waals surface area contributed by atoms with Crippen molar-refractivity contribution < 1.29 is 21.3 Å². The molecule has 0 aromatic rings. The Morgan fingerprint density at radius 3 is 1.80 bits per heavy atom. The van der Waals surface area contributed by atoms with Crippen LogP contribution < -0.4 is 0 Å². The van der Waals surface area contributed by atoms with Crippen molar-refractivity contribution in [1.82, 2.24) is 0 Å². The van der Waals surface area contributed by atoms with E-state index in [0.29, 0.717) is 6.29 Å². The number of aldehydes is 1. The van der Waals surface area contributed by atoms with E-state index in [1.807, 2.05) is 0 Å². The van der Waals surface area contributed by atoms with Crippen LogP contribution in [0.1, 0.15) is 0 Å². The maximum Gasteiger partial charge on any atom is 0.142 e. The second kappa shape index (κ2) is 9.08. The van der Waals surface area contributed by atoms with Gasteiger partial charge in [-0.05, 0) is 6.08 Å². The van der Waals surface area contributed by atoms with Gasteiger partial charge in [-0.2, -0.15) is 0 Å². The summed E-state index contributed by atoms with van der Waals surface area (Å²) in [5, 5.41) is 0. The molecule has 0 heterocycles. The van der Waals surface area contributed by atoms with Gasteiger partial charge in [0.05, 0.1) is 0 Å². The van der Waals surface area contributed by atoms with E-state index in [1.165, 1.54) is 6.08 Å². The Bertz CT molecular complexity index is 27.9. The van der Waals surface area contributed by atoms with Crippen LogP contribution in [0.2, 0.25) is 0 Å². The predicted octanol–water partition coefficient (Wildman–Crippen LogP) is 0.369. The monoisotopic (exact) mass is 114 g/mol. The first-order valence-electron chi connectivity index (χ1n) is 0.977. The molecule has 32 valence electrons. The second-order valence-electron chi connectivity index (χ2n) is 0.372. The van der Waals surface area contributed by atoms with Crippen LogP contribution in [0.4, 0.5) is 0 Å². The Balaban J connectivity index is 0. The summed E-state index contributed by atoms with van der Waals surface area (Å²) in [5.74, 6) is 0. The molecule has 0 radical (unpaired) electrons. The minimum Gasteiger partial charge on any atom is -0.299 e. The van der Waals surface area contributed by atoms with Crippen molar-refractivity contribution in [2.45, 2.75) is 0 Å². The molecule has 0 atom stereocenters. The summed E-state index contributed by atoms with van der Waals surface area (Å²) in [6, 6.07) is 0. The van der Waals surface area contributed by atoms with E-state index < -0.39 is 0 Å². The number of carbonyl (C=O) groups is 1. The summed E-state index contributed by atoms with van der Waals surface area (Å²) in [5.41, 5.74) is 0. The maximum atomic E-state index is 9.06. The van der Waals surface area contributed by atoms with Crippen molar-refractivity contribution in [3.63, 3.8) is 0 Å². The number of hydrogen-bond donors (Lipinski definition) is 0. The normalized spacial score (nSPS) is 4.00. The molecule has 0 aliphatic rings. The van der Waals surface area contributed by atoms with Gasteiger partial charge in [0.25, 0.3) is 0 Å². The molecule has 0 aromatic heterocycles. The molecule has 5 heavy (non-hydrogen) atoms. The molecule has 0 aliphatic heterocycles. The van der Waals surface area contributed by atoms with Crippen molar-refractivity contribution in [3.05, 3.63) is 12.7 Å². The third-order valence-corrected chi connectivity index (χ3v) is 0.0962. The van der Waals surface area contributed by atoms with Gasteiger partial charge in [-0.1, -0.05) is 6.58 Å². The molecule has 0 saturated heterocycles. The van der Waals surface area contributed by atoms with E-state index >= 15 is 0 Å². The second-order valence-corrected chi connectivity index (χ2v) is 0.372. The van der Waals surface area contributed by atoms with Crippen LogP contribution in [-0.4, -0.2) is 6.29 Å². The summed E-state index contributed by atoms with van der Waals surface area (Å²) in [6.45, 7) is 3.11. The van der Waals surface area contributed by atoms with Crippen LogP contribution in [0.25, 0.3) is 0 Å². The molecule has 0 amide bonds. The first-order chi connectivity index (χ1) is 1.91. The van der Waals surface area contributed by atoms with E-state index in [-0.39, 0.29) is 16.5 Å². The van der Waals surface area contributed by atoms with Gasteiger partial charge in [0.1, 0.15) is 6.29 Å². The zero-order valence-electron chi connectivity index (χ0n) is 2.59. The molecule has 2 heteroatoms. The Hall–Kier alpha value is -0.0965. The number of hydrogen-bond acceptors (Lipinski definition) is 1. The zero-order chi connectivity index (χ0) is 3.41. The zero-order valence-corrected chi connectivity index (χ0v) is 3.57. The smallest absolute Gasteiger partial charge is 0.142 e. The molecule has 0 fully saturated rings. The van der Waals surface area contributed by atoms with Crippen LogP contribution in [0.3, 0.4) is 0 Å². The average molecular weight is 115 g/mol.